The highest BCUT2D eigenvalue weighted by Gasteiger charge is 2.37. The standard InChI is InChI=1S/C23H29F2N3O.C18H21F2N3O.ClH/c1-26-20-7-6-16(22(29)27-12-9-23(24,25)10-13-27)14-18(20)19-15-28(11-8-21(19)26)17-4-2-3-5-17;1-22-15-3-2-12(10-13(15)14-11-21-7-4-16(14)22)17(24)23-8-5-18(19,20)6-9-23;/h6-7,14,17H,2-5,8-13,15H2,1H3;2-3,10,21H,4-9,11H2,1H3;1H. The van der Waals surface area contributed by atoms with Crippen LogP contribution < -0.4 is 5.32 Å². The van der Waals surface area contributed by atoms with E-state index < -0.39 is 11.8 Å². The van der Waals surface area contributed by atoms with Crippen LogP contribution in [0.5, 0.6) is 0 Å². The third kappa shape index (κ3) is 7.38. The highest BCUT2D eigenvalue weighted by Crippen LogP contribution is 2.36. The zero-order valence-corrected chi connectivity index (χ0v) is 32.1. The molecule has 0 unspecified atom stereocenters. The van der Waals surface area contributed by atoms with Crippen LogP contribution in [0.15, 0.2) is 36.4 Å². The summed E-state index contributed by atoms with van der Waals surface area (Å²) in [7, 11) is 4.17. The Kier molecular flexibility index (Phi) is 10.8. The van der Waals surface area contributed by atoms with Crippen LogP contribution in [-0.4, -0.2) is 92.8 Å². The van der Waals surface area contributed by atoms with E-state index in [1.807, 2.05) is 36.4 Å². The van der Waals surface area contributed by atoms with Crippen LogP contribution in [0, 0.1) is 0 Å². The van der Waals surface area contributed by atoms with E-state index in [1.54, 1.807) is 9.80 Å². The molecule has 2 aromatic carbocycles. The Morgan fingerprint density at radius 1 is 0.685 bits per heavy atom. The molecule has 9 rings (SSSR count). The zero-order valence-electron chi connectivity index (χ0n) is 31.2. The molecule has 0 bridgehead atoms. The number of aromatic nitrogens is 2. The number of nitrogens with zero attached hydrogens (tertiary/aromatic N) is 5. The molecule has 6 heterocycles. The maximum atomic E-state index is 13.5. The van der Waals surface area contributed by atoms with Gasteiger partial charge in [-0.1, -0.05) is 12.8 Å². The molecule has 2 saturated heterocycles. The monoisotopic (exact) mass is 770 g/mol. The first-order chi connectivity index (χ1) is 25.4. The summed E-state index contributed by atoms with van der Waals surface area (Å²) in [6.07, 6.45) is 6.31. The second-order valence-corrected chi connectivity index (χ2v) is 15.8. The largest absolute Gasteiger partial charge is 0.347 e. The maximum absolute atomic E-state index is 13.5. The van der Waals surface area contributed by atoms with Crippen LogP contribution in [0.4, 0.5) is 17.6 Å². The average molecular weight is 771 g/mol. The van der Waals surface area contributed by atoms with Crippen LogP contribution in [0.3, 0.4) is 0 Å². The van der Waals surface area contributed by atoms with Crippen LogP contribution in [-0.2, 0) is 40.0 Å². The number of nitrogens with one attached hydrogen (secondary N) is 1. The molecule has 8 nitrogen and oxygen atoms in total. The molecule has 1 saturated carbocycles. The summed E-state index contributed by atoms with van der Waals surface area (Å²) in [5.41, 5.74) is 8.76. The smallest absolute Gasteiger partial charge is 0.253 e. The molecule has 292 valence electrons. The Balaban J connectivity index is 0.000000166. The van der Waals surface area contributed by atoms with Crippen molar-refractivity contribution in [3.63, 3.8) is 0 Å². The lowest BCUT2D eigenvalue weighted by molar-refractivity contribution is -0.0503. The van der Waals surface area contributed by atoms with E-state index in [0.29, 0.717) is 17.2 Å². The van der Waals surface area contributed by atoms with Crippen LogP contribution >= 0.6 is 12.4 Å². The van der Waals surface area contributed by atoms with Gasteiger partial charge in [0.25, 0.3) is 23.7 Å². The molecule has 2 aromatic heterocycles. The van der Waals surface area contributed by atoms with Crippen molar-refractivity contribution in [2.45, 2.75) is 95.2 Å². The summed E-state index contributed by atoms with van der Waals surface area (Å²) in [5, 5.41) is 5.62. The van der Waals surface area contributed by atoms with E-state index in [1.165, 1.54) is 48.2 Å². The second-order valence-electron chi connectivity index (χ2n) is 15.8. The number of fused-ring (bicyclic) bond motifs is 6. The van der Waals surface area contributed by atoms with Gasteiger partial charge in [-0.3, -0.25) is 14.5 Å². The first kappa shape index (κ1) is 38.7. The fourth-order valence-corrected chi connectivity index (χ4v) is 9.40. The molecule has 0 radical (unpaired) electrons. The van der Waals surface area contributed by atoms with Crippen LogP contribution in [0.25, 0.3) is 21.8 Å². The number of aryl methyl sites for hydroxylation is 2. The van der Waals surface area contributed by atoms with Crippen molar-refractivity contribution in [3.05, 3.63) is 70.0 Å². The molecule has 54 heavy (non-hydrogen) atoms. The Labute approximate surface area is 320 Å². The molecule has 0 atom stereocenters. The number of halogens is 5. The highest BCUT2D eigenvalue weighted by molar-refractivity contribution is 6.00. The minimum absolute atomic E-state index is 0. The molecule has 3 fully saturated rings. The first-order valence-corrected chi connectivity index (χ1v) is 19.4. The van der Waals surface area contributed by atoms with E-state index in [2.05, 4.69) is 33.4 Å². The molecule has 13 heteroatoms. The number of amides is 2. The first-order valence-electron chi connectivity index (χ1n) is 19.4. The second kappa shape index (κ2) is 15.1. The molecule has 1 N–H and O–H groups in total. The number of benzene rings is 2. The van der Waals surface area contributed by atoms with Gasteiger partial charge in [0.2, 0.25) is 0 Å². The highest BCUT2D eigenvalue weighted by atomic mass is 35.5. The summed E-state index contributed by atoms with van der Waals surface area (Å²) < 4.78 is 58.0. The minimum Gasteiger partial charge on any atom is -0.347 e. The fourth-order valence-electron chi connectivity index (χ4n) is 9.40. The van der Waals surface area contributed by atoms with Gasteiger partial charge < -0.3 is 24.3 Å². The van der Waals surface area contributed by atoms with Gasteiger partial charge in [0, 0.05) is 155 Å². The predicted molar refractivity (Wildman–Crippen MR) is 205 cm³/mol. The lowest BCUT2D eigenvalue weighted by Gasteiger charge is -2.33. The third-order valence-corrected chi connectivity index (χ3v) is 12.6. The molecule has 0 spiro atoms. The van der Waals surface area contributed by atoms with Gasteiger partial charge in [-0.05, 0) is 60.4 Å². The van der Waals surface area contributed by atoms with Crippen molar-refractivity contribution in [1.82, 2.24) is 29.2 Å². The van der Waals surface area contributed by atoms with Gasteiger partial charge in [0.15, 0.2) is 0 Å². The van der Waals surface area contributed by atoms with Gasteiger partial charge >= 0.3 is 0 Å². The number of carbonyl (C=O) groups excluding carboxylic acids is 2. The Hall–Kier alpha value is -3.61. The van der Waals surface area contributed by atoms with Crippen molar-refractivity contribution >= 4 is 46.0 Å². The number of carbonyl (C=O) groups is 2. The molecule has 5 aliphatic rings. The van der Waals surface area contributed by atoms with E-state index in [0.717, 1.165) is 60.8 Å². The lowest BCUT2D eigenvalue weighted by Crippen LogP contribution is -2.42. The number of likely N-dealkylation sites (tertiary alicyclic amines) is 2. The van der Waals surface area contributed by atoms with Gasteiger partial charge in [-0.15, -0.1) is 12.4 Å². The van der Waals surface area contributed by atoms with Crippen molar-refractivity contribution in [3.8, 4) is 0 Å². The molecule has 4 aromatic rings. The van der Waals surface area contributed by atoms with Crippen molar-refractivity contribution in [1.29, 1.82) is 0 Å². The molecule has 4 aliphatic heterocycles. The van der Waals surface area contributed by atoms with Crippen LogP contribution in [0.2, 0.25) is 0 Å². The molecular weight excluding hydrogens is 720 g/mol. The molecule has 2 amide bonds. The van der Waals surface area contributed by atoms with E-state index in [9.17, 15) is 27.2 Å². The summed E-state index contributed by atoms with van der Waals surface area (Å²) in [6.45, 7) is 4.33. The molecule has 1 aliphatic carbocycles. The van der Waals surface area contributed by atoms with Gasteiger partial charge in [-0.25, -0.2) is 17.6 Å². The third-order valence-electron chi connectivity index (χ3n) is 12.6. The SMILES string of the molecule is Cl.Cn1c2c(c3cc(C(=O)N4CCC(F)(F)CC4)ccc31)CN(C1CCCC1)CC2.Cn1c2c(c3cc(C(=O)N4CCC(F)(F)CC4)ccc31)CNCC2. The normalized spacial score (nSPS) is 21.3. The number of alkyl halides is 4. The summed E-state index contributed by atoms with van der Waals surface area (Å²) >= 11 is 0. The summed E-state index contributed by atoms with van der Waals surface area (Å²) in [4.78, 5) is 31.4. The van der Waals surface area contributed by atoms with E-state index >= 15 is 0 Å². The lowest BCUT2D eigenvalue weighted by atomic mass is 10.00. The van der Waals surface area contributed by atoms with Gasteiger partial charge in [0.1, 0.15) is 0 Å². The van der Waals surface area contributed by atoms with Gasteiger partial charge in [0.05, 0.1) is 0 Å². The predicted octanol–water partition coefficient (Wildman–Crippen LogP) is 7.47. The molecular formula is C41H51ClF4N6O2. The van der Waals surface area contributed by atoms with E-state index in [4.69, 9.17) is 0 Å². The minimum atomic E-state index is -2.64. The fraction of sp³-hybridized carbons (Fsp3) is 0.561. The maximum Gasteiger partial charge on any atom is 0.253 e. The zero-order chi connectivity index (χ0) is 37.1. The average Bonchev–Trinajstić information content (AvgIpc) is 3.87. The Bertz CT molecular complexity index is 2030. The number of rotatable bonds is 3. The van der Waals surface area contributed by atoms with Gasteiger partial charge in [-0.2, -0.15) is 0 Å². The topological polar surface area (TPSA) is 65.8 Å². The number of hydrogen-bond donors (Lipinski definition) is 1. The number of piperidine rings is 2. The quantitative estimate of drug-likeness (QED) is 0.220. The van der Waals surface area contributed by atoms with Crippen molar-refractivity contribution < 1.29 is 27.2 Å². The Morgan fingerprint density at radius 2 is 1.17 bits per heavy atom. The van der Waals surface area contributed by atoms with Crippen LogP contribution in [0.1, 0.15) is 94.6 Å². The van der Waals surface area contributed by atoms with Crippen molar-refractivity contribution in [2.75, 3.05) is 39.3 Å². The van der Waals surface area contributed by atoms with Crippen molar-refractivity contribution in [2.24, 2.45) is 14.1 Å². The van der Waals surface area contributed by atoms with E-state index in [-0.39, 0.29) is 76.1 Å². The Morgan fingerprint density at radius 3 is 1.69 bits per heavy atom. The summed E-state index contributed by atoms with van der Waals surface area (Å²) in [5.74, 6) is -5.54. The number of hydrogen-bond acceptors (Lipinski definition) is 4. The summed E-state index contributed by atoms with van der Waals surface area (Å²) in [6, 6.07) is 12.3.